The molecule has 0 aliphatic rings. The highest BCUT2D eigenvalue weighted by atomic mass is 127. The second-order valence-electron chi connectivity index (χ2n) is 0.214. The molecule has 4 heavy (non-hydrogen) atoms. The van der Waals surface area contributed by atoms with Crippen molar-refractivity contribution in [1.29, 1.82) is 0 Å². The molecule has 0 heterocycles. The van der Waals surface area contributed by atoms with Gasteiger partial charge >= 0.3 is 4.43 Å². The molecule has 0 atom stereocenters. The van der Waals surface area contributed by atoms with E-state index in [0.717, 1.165) is 22.6 Å². The average molecular weight is 177 g/mol. The van der Waals surface area contributed by atoms with Crippen molar-refractivity contribution in [1.82, 2.24) is 0 Å². The fourth-order valence-corrected chi connectivity index (χ4v) is 0. The Labute approximate surface area is 36.3 Å². The lowest BCUT2D eigenvalue weighted by atomic mass is 11.7. The third kappa shape index (κ3) is 18.8. The van der Waals surface area contributed by atoms with Crippen molar-refractivity contribution in [2.45, 2.75) is 0 Å². The molecule has 0 bridgehead atoms. The zero-order valence-electron chi connectivity index (χ0n) is 1.63. The summed E-state index contributed by atoms with van der Waals surface area (Å²) in [4.78, 5) is 0. The van der Waals surface area contributed by atoms with Gasteiger partial charge < -0.3 is 0 Å². The highest BCUT2D eigenvalue weighted by Crippen LogP contribution is 2.10. The van der Waals surface area contributed by atoms with Crippen LogP contribution in [0, 0.1) is 4.43 Å². The van der Waals surface area contributed by atoms with Crippen LogP contribution in [-0.4, -0.2) is 0 Å². The maximum atomic E-state index is 10.2. The van der Waals surface area contributed by atoms with E-state index < -0.39 is 4.43 Å². The summed E-state index contributed by atoms with van der Waals surface area (Å²) in [5.41, 5.74) is 0. The van der Waals surface area contributed by atoms with Gasteiger partial charge in [0.1, 0.15) is 0 Å². The topological polar surface area (TPSA) is 0 Å². The molecule has 0 aromatic carbocycles. The molecule has 0 aliphatic heterocycles. The predicted octanol–water partition coefficient (Wildman–Crippen LogP) is 1.81. The Kier molecular flexibility index (Phi) is 2.14. The lowest BCUT2D eigenvalue weighted by Gasteiger charge is -1.63. The Morgan fingerprint density at radius 3 is 1.50 bits per heavy atom. The molecule has 0 aromatic rings. The first-order chi connectivity index (χ1) is 1.73. The van der Waals surface area contributed by atoms with Crippen LogP contribution in [0.3, 0.4) is 0 Å². The second-order valence-corrected chi connectivity index (χ2v) is 1.03. The Morgan fingerprint density at radius 2 is 1.50 bits per heavy atom. The zero-order valence-corrected chi connectivity index (χ0v) is 3.79. The fourth-order valence-electron chi connectivity index (χ4n) is 0. The molecular formula is CF2I. The summed E-state index contributed by atoms with van der Waals surface area (Å²) >= 11 is 0.927. The molecule has 0 aromatic heterocycles. The van der Waals surface area contributed by atoms with Crippen LogP contribution < -0.4 is 0 Å². The summed E-state index contributed by atoms with van der Waals surface area (Å²) in [5, 5.41) is 0. The van der Waals surface area contributed by atoms with Crippen LogP contribution >= 0.6 is 22.6 Å². The molecule has 1 radical (unpaired) electrons. The van der Waals surface area contributed by atoms with Gasteiger partial charge in [0.05, 0.1) is 0 Å². The molecule has 0 saturated carbocycles. The quantitative estimate of drug-likeness (QED) is 0.495. The first kappa shape index (κ1) is 4.59. The van der Waals surface area contributed by atoms with E-state index in [0.29, 0.717) is 0 Å². The molecule has 0 aliphatic carbocycles. The van der Waals surface area contributed by atoms with Crippen LogP contribution in [-0.2, 0) is 0 Å². The minimum atomic E-state index is -1.61. The van der Waals surface area contributed by atoms with Crippen molar-refractivity contribution in [3.8, 4) is 0 Å². The van der Waals surface area contributed by atoms with E-state index in [1.54, 1.807) is 0 Å². The van der Waals surface area contributed by atoms with Crippen LogP contribution in [0.15, 0.2) is 0 Å². The minimum absolute atomic E-state index is 0.927. The molecule has 25 valence electrons. The molecule has 0 spiro atoms. The Balaban J connectivity index is 2.32. The van der Waals surface area contributed by atoms with E-state index >= 15 is 0 Å². The van der Waals surface area contributed by atoms with E-state index in [9.17, 15) is 8.78 Å². The zero-order chi connectivity index (χ0) is 3.58. The van der Waals surface area contributed by atoms with E-state index in [2.05, 4.69) is 0 Å². The van der Waals surface area contributed by atoms with Gasteiger partial charge in [0.2, 0.25) is 0 Å². The van der Waals surface area contributed by atoms with Crippen molar-refractivity contribution in [2.75, 3.05) is 0 Å². The van der Waals surface area contributed by atoms with Crippen LogP contribution in [0.5, 0.6) is 0 Å². The van der Waals surface area contributed by atoms with Crippen LogP contribution in [0.25, 0.3) is 0 Å². The van der Waals surface area contributed by atoms with Gasteiger partial charge in [-0.1, -0.05) is 0 Å². The van der Waals surface area contributed by atoms with Gasteiger partial charge in [-0.3, -0.25) is 0 Å². The summed E-state index contributed by atoms with van der Waals surface area (Å²) < 4.78 is 18.9. The van der Waals surface area contributed by atoms with Crippen molar-refractivity contribution in [3.05, 3.63) is 4.43 Å². The van der Waals surface area contributed by atoms with E-state index in [-0.39, 0.29) is 0 Å². The van der Waals surface area contributed by atoms with Crippen molar-refractivity contribution in [3.63, 3.8) is 0 Å². The molecule has 0 fully saturated rings. The van der Waals surface area contributed by atoms with Crippen molar-refractivity contribution in [2.24, 2.45) is 0 Å². The molecule has 0 amide bonds. The SMILES string of the molecule is F[C](F)I. The largest absolute Gasteiger partial charge is 0.367 e. The predicted molar refractivity (Wildman–Crippen MR) is 19.5 cm³/mol. The van der Waals surface area contributed by atoms with E-state index in [1.807, 2.05) is 0 Å². The van der Waals surface area contributed by atoms with Gasteiger partial charge in [-0.15, -0.1) is 0 Å². The van der Waals surface area contributed by atoms with Gasteiger partial charge in [0, 0.05) is 22.6 Å². The molecule has 0 saturated heterocycles. The Bertz CT molecular complexity index is 10.8. The summed E-state index contributed by atoms with van der Waals surface area (Å²) in [7, 11) is 0. The number of hydrogen-bond donors (Lipinski definition) is 0. The molecule has 3 heteroatoms. The average Bonchev–Trinajstić information content (AvgIpc) is 0.811. The second kappa shape index (κ2) is 1.87. The van der Waals surface area contributed by atoms with Crippen molar-refractivity contribution >= 4 is 22.6 Å². The normalized spacial score (nSPS) is 9.00. The van der Waals surface area contributed by atoms with Gasteiger partial charge in [-0.25, -0.2) is 0 Å². The molecule has 0 unspecified atom stereocenters. The third-order valence-electron chi connectivity index (χ3n) is 0. The van der Waals surface area contributed by atoms with Crippen LogP contribution in [0.4, 0.5) is 8.78 Å². The summed E-state index contributed by atoms with van der Waals surface area (Å²) in [5.74, 6) is 0. The maximum Gasteiger partial charge on any atom is 0.367 e. The van der Waals surface area contributed by atoms with Gasteiger partial charge in [-0.05, 0) is 0 Å². The summed E-state index contributed by atoms with van der Waals surface area (Å²) in [6.07, 6.45) is 0. The van der Waals surface area contributed by atoms with Gasteiger partial charge in [0.15, 0.2) is 0 Å². The first-order valence-electron chi connectivity index (χ1n) is 0.567. The monoisotopic (exact) mass is 177 g/mol. The first-order valence-corrected chi connectivity index (χ1v) is 1.65. The maximum absolute atomic E-state index is 10.2. The number of halogens is 3. The molecular weight excluding hydrogens is 177 g/mol. The lowest BCUT2D eigenvalue weighted by molar-refractivity contribution is 0.390. The smallest absolute Gasteiger partial charge is 0.187 e. The third-order valence-corrected chi connectivity index (χ3v) is 0. The molecule has 0 rings (SSSR count). The standard InChI is InChI=1S/CF2I/c2-1(3)4. The summed E-state index contributed by atoms with van der Waals surface area (Å²) in [6, 6.07) is 0. The summed E-state index contributed by atoms with van der Waals surface area (Å²) in [6.45, 7) is 0. The van der Waals surface area contributed by atoms with Crippen molar-refractivity contribution < 1.29 is 8.78 Å². The van der Waals surface area contributed by atoms with Crippen LogP contribution in [0.2, 0.25) is 0 Å². The Morgan fingerprint density at radius 1 is 1.50 bits per heavy atom. The Hall–Kier alpha value is 0.590. The minimum Gasteiger partial charge on any atom is -0.187 e. The fraction of sp³-hybridized carbons (Fsp3) is 0. The molecule has 0 nitrogen and oxygen atoms in total. The van der Waals surface area contributed by atoms with E-state index in [1.165, 1.54) is 0 Å². The van der Waals surface area contributed by atoms with E-state index in [4.69, 9.17) is 0 Å². The highest BCUT2D eigenvalue weighted by molar-refractivity contribution is 14.1. The highest BCUT2D eigenvalue weighted by Gasteiger charge is 1.87. The number of hydrogen-bond acceptors (Lipinski definition) is 0. The number of rotatable bonds is 0. The molecule has 0 N–H and O–H groups in total. The lowest BCUT2D eigenvalue weighted by Crippen LogP contribution is -1.43. The van der Waals surface area contributed by atoms with Crippen LogP contribution in [0.1, 0.15) is 0 Å². The van der Waals surface area contributed by atoms with Gasteiger partial charge in [-0.2, -0.15) is 8.78 Å². The van der Waals surface area contributed by atoms with Gasteiger partial charge in [0.25, 0.3) is 0 Å².